The van der Waals surface area contributed by atoms with Crippen LogP contribution in [0, 0.1) is 0 Å². The van der Waals surface area contributed by atoms with Crippen LogP contribution in [0.25, 0.3) is 0 Å². The van der Waals surface area contributed by atoms with Crippen LogP contribution in [-0.4, -0.2) is 295 Å². The zero-order chi connectivity index (χ0) is 47.2. The number of ether oxygens (including phenoxy) is 9. The van der Waals surface area contributed by atoms with E-state index in [0.29, 0.717) is 0 Å². The molecule has 28 heteroatoms. The van der Waals surface area contributed by atoms with Crippen LogP contribution in [0.4, 0.5) is 0 Å². The van der Waals surface area contributed by atoms with Crippen molar-refractivity contribution in [2.75, 3.05) is 119 Å². The molecule has 28 nitrogen and oxygen atoms in total. The van der Waals surface area contributed by atoms with Gasteiger partial charge >= 0.3 is 0 Å². The quantitative estimate of drug-likeness (QED) is 0.0297. The Hall–Kier alpha value is -2.47. The van der Waals surface area contributed by atoms with E-state index in [1.54, 1.807) is 0 Å². The van der Waals surface area contributed by atoms with Gasteiger partial charge in [-0.05, 0) is 0 Å². The van der Waals surface area contributed by atoms with E-state index in [-0.39, 0.29) is 79.1 Å². The van der Waals surface area contributed by atoms with Gasteiger partial charge in [-0.1, -0.05) is 0 Å². The number of carbonyl (C=O) groups excluding carboxylic acids is 3. The first-order valence-electron chi connectivity index (χ1n) is 20.6. The standard InChI is InChI=1S/C36H66N4O24/c41-16-19-25(47)28(50)31(53)34(62-19)59-10-7-56-4-1-37-22(44)13-40(14-23(45)38-2-5-57-8-11-60-35-32(54)29(51)26(48)20(17-42)63-35)15-24(46)39-3-6-58-9-12-61-36-33(55)30(52)27(49)21(18-43)64-36/h19-21,25-36,41-43,47-55H,1-18H2,(H,37,44)(H,38,45)(H,39,46)/t19-,20-,21-,25+,26+,27+,28+,29+,30+,31-,32-,33-,34-,35-,36-/m1/s1. The fourth-order valence-electron chi connectivity index (χ4n) is 6.32. The largest absolute Gasteiger partial charge is 0.394 e. The Morgan fingerprint density at radius 1 is 0.391 bits per heavy atom. The molecular weight excluding hydrogens is 872 g/mol. The first-order valence-corrected chi connectivity index (χ1v) is 20.6. The van der Waals surface area contributed by atoms with E-state index < -0.39 is 149 Å². The van der Waals surface area contributed by atoms with Gasteiger partial charge in [0.2, 0.25) is 17.7 Å². The molecule has 3 amide bonds. The van der Waals surface area contributed by atoms with Crippen molar-refractivity contribution in [2.45, 2.75) is 92.1 Å². The molecule has 0 bridgehead atoms. The van der Waals surface area contributed by atoms with Crippen LogP contribution in [0.1, 0.15) is 0 Å². The maximum Gasteiger partial charge on any atom is 0.234 e. The number of amides is 3. The highest BCUT2D eigenvalue weighted by Gasteiger charge is 2.46. The summed E-state index contributed by atoms with van der Waals surface area (Å²) in [6, 6.07) is 0. The molecule has 374 valence electrons. The molecule has 15 atom stereocenters. The Labute approximate surface area is 367 Å². The molecule has 3 aliphatic rings. The Balaban J connectivity index is 1.37. The highest BCUT2D eigenvalue weighted by molar-refractivity contribution is 5.84. The van der Waals surface area contributed by atoms with Crippen molar-refractivity contribution >= 4 is 17.7 Å². The molecule has 0 radical (unpaired) electrons. The number of carbonyl (C=O) groups is 3. The zero-order valence-electron chi connectivity index (χ0n) is 35.1. The van der Waals surface area contributed by atoms with E-state index in [2.05, 4.69) is 16.0 Å². The number of aliphatic hydroxyl groups is 12. The first-order chi connectivity index (χ1) is 30.6. The summed E-state index contributed by atoms with van der Waals surface area (Å²) in [4.78, 5) is 39.7. The van der Waals surface area contributed by atoms with E-state index in [1.165, 1.54) is 4.90 Å². The van der Waals surface area contributed by atoms with Gasteiger partial charge in [0.15, 0.2) is 18.9 Å². The number of aliphatic hydroxyl groups excluding tert-OH is 12. The molecule has 0 spiro atoms. The fourth-order valence-corrected chi connectivity index (χ4v) is 6.32. The third-order valence-electron chi connectivity index (χ3n) is 9.88. The average molecular weight is 939 g/mol. The van der Waals surface area contributed by atoms with Gasteiger partial charge in [-0.2, -0.15) is 0 Å². The predicted octanol–water partition coefficient (Wildman–Crippen LogP) is -10.9. The summed E-state index contributed by atoms with van der Waals surface area (Å²) >= 11 is 0. The van der Waals surface area contributed by atoms with Crippen molar-refractivity contribution in [1.82, 2.24) is 20.9 Å². The summed E-state index contributed by atoms with van der Waals surface area (Å²) in [7, 11) is 0. The highest BCUT2D eigenvalue weighted by atomic mass is 16.7. The molecule has 0 saturated carbocycles. The van der Waals surface area contributed by atoms with Crippen LogP contribution in [0.15, 0.2) is 0 Å². The minimum atomic E-state index is -1.60. The molecule has 15 N–H and O–H groups in total. The van der Waals surface area contributed by atoms with Crippen molar-refractivity contribution in [2.24, 2.45) is 0 Å². The number of hydrogen-bond donors (Lipinski definition) is 15. The molecule has 0 aliphatic carbocycles. The van der Waals surface area contributed by atoms with Gasteiger partial charge < -0.3 is 120 Å². The second kappa shape index (κ2) is 30.0. The smallest absolute Gasteiger partial charge is 0.234 e. The van der Waals surface area contributed by atoms with E-state index in [4.69, 9.17) is 42.6 Å². The van der Waals surface area contributed by atoms with Gasteiger partial charge in [-0.3, -0.25) is 19.3 Å². The molecule has 0 aromatic carbocycles. The minimum Gasteiger partial charge on any atom is -0.394 e. The molecule has 3 rings (SSSR count). The maximum atomic E-state index is 12.8. The van der Waals surface area contributed by atoms with Crippen molar-refractivity contribution in [1.29, 1.82) is 0 Å². The van der Waals surface area contributed by atoms with Gasteiger partial charge in [0.05, 0.1) is 98.9 Å². The van der Waals surface area contributed by atoms with Crippen LogP contribution in [-0.2, 0) is 57.0 Å². The number of hydrogen-bond acceptors (Lipinski definition) is 25. The summed E-state index contributed by atoms with van der Waals surface area (Å²) in [5, 5.41) is 125. The molecule has 3 fully saturated rings. The highest BCUT2D eigenvalue weighted by Crippen LogP contribution is 2.24. The topological polar surface area (TPSA) is 416 Å². The lowest BCUT2D eigenvalue weighted by Crippen LogP contribution is -2.59. The third-order valence-corrected chi connectivity index (χ3v) is 9.88. The predicted molar refractivity (Wildman–Crippen MR) is 207 cm³/mol. The lowest BCUT2D eigenvalue weighted by atomic mass is 9.99. The Bertz CT molecular complexity index is 1170. The molecule has 64 heavy (non-hydrogen) atoms. The molecule has 3 heterocycles. The van der Waals surface area contributed by atoms with Gasteiger partial charge in [-0.15, -0.1) is 0 Å². The molecule has 3 saturated heterocycles. The lowest BCUT2D eigenvalue weighted by molar-refractivity contribution is -0.302. The van der Waals surface area contributed by atoms with Crippen molar-refractivity contribution < 1.29 is 118 Å². The fraction of sp³-hybridized carbons (Fsp3) is 0.917. The van der Waals surface area contributed by atoms with E-state index >= 15 is 0 Å². The van der Waals surface area contributed by atoms with Crippen molar-refractivity contribution in [3.8, 4) is 0 Å². The van der Waals surface area contributed by atoms with Gasteiger partial charge in [0.25, 0.3) is 0 Å². The summed E-state index contributed by atoms with van der Waals surface area (Å²) in [6.07, 6.45) is -21.6. The second-order valence-electron chi connectivity index (χ2n) is 14.7. The normalized spacial score (nSPS) is 33.2. The summed E-state index contributed by atoms with van der Waals surface area (Å²) < 4.78 is 47.9. The maximum absolute atomic E-state index is 12.8. The Morgan fingerprint density at radius 3 is 0.906 bits per heavy atom. The Morgan fingerprint density at radius 2 is 0.656 bits per heavy atom. The lowest BCUT2D eigenvalue weighted by Gasteiger charge is -2.39. The Kier molecular flexibility index (Phi) is 26.2. The summed E-state index contributed by atoms with van der Waals surface area (Å²) in [6.45, 7) is -3.39. The monoisotopic (exact) mass is 938 g/mol. The summed E-state index contributed by atoms with van der Waals surface area (Å²) in [5.41, 5.74) is 0. The molecule has 0 aromatic heterocycles. The van der Waals surface area contributed by atoms with Crippen LogP contribution in [0.2, 0.25) is 0 Å². The molecule has 0 aromatic rings. The van der Waals surface area contributed by atoms with Gasteiger partial charge in [0.1, 0.15) is 73.2 Å². The number of nitrogens with zero attached hydrogens (tertiary/aromatic N) is 1. The third kappa shape index (κ3) is 18.3. The molecular formula is C36H66N4O24. The van der Waals surface area contributed by atoms with Gasteiger partial charge in [-0.25, -0.2) is 0 Å². The summed E-state index contributed by atoms with van der Waals surface area (Å²) in [5.74, 6) is -1.69. The average Bonchev–Trinajstić information content (AvgIpc) is 3.27. The van der Waals surface area contributed by atoms with Gasteiger partial charge in [0, 0.05) is 19.6 Å². The number of nitrogens with one attached hydrogen (secondary N) is 3. The van der Waals surface area contributed by atoms with E-state index in [1.807, 2.05) is 0 Å². The molecule has 3 aliphatic heterocycles. The van der Waals surface area contributed by atoms with Crippen LogP contribution >= 0.6 is 0 Å². The van der Waals surface area contributed by atoms with Crippen LogP contribution in [0.5, 0.6) is 0 Å². The minimum absolute atomic E-state index is 0.00583. The van der Waals surface area contributed by atoms with Crippen LogP contribution in [0.3, 0.4) is 0 Å². The zero-order valence-corrected chi connectivity index (χ0v) is 35.1. The van der Waals surface area contributed by atoms with Crippen molar-refractivity contribution in [3.05, 3.63) is 0 Å². The second-order valence-corrected chi connectivity index (χ2v) is 14.7. The SMILES string of the molecule is O=C(CN(CC(=O)NCCOCCO[C@@H]1O[C@H](CO)[C@H](O)[C@H](O)[C@H]1O)CC(=O)NCCOCCO[C@@H]1O[C@H](CO)[C@H](O)[C@H](O)[C@H]1O)NCCOCCO[C@@H]1O[C@H](CO)[C@H](O)[C@H](O)[C@H]1O. The van der Waals surface area contributed by atoms with Crippen LogP contribution < -0.4 is 16.0 Å². The van der Waals surface area contributed by atoms with E-state index in [9.17, 15) is 75.7 Å². The molecule has 0 unspecified atom stereocenters. The van der Waals surface area contributed by atoms with Crippen molar-refractivity contribution in [3.63, 3.8) is 0 Å². The van der Waals surface area contributed by atoms with E-state index in [0.717, 1.165) is 0 Å². The number of rotatable bonds is 30. The first kappa shape index (κ1) is 55.9.